The first-order chi connectivity index (χ1) is 8.50. The number of hydrogen-bond acceptors (Lipinski definition) is 6. The SMILES string of the molecule is CC(=O)O.CC(=O)O.CC(=O)O.CCN(O)CCN.[MgH2].[NaH]. The van der Waals surface area contributed by atoms with E-state index < -0.39 is 17.9 Å². The molecular formula is C10H27MgN2NaO7. The van der Waals surface area contributed by atoms with Gasteiger partial charge in [0.2, 0.25) is 0 Å². The van der Waals surface area contributed by atoms with Crippen LogP contribution in [0, 0.1) is 0 Å². The second-order valence-electron chi connectivity index (χ2n) is 2.89. The molecule has 0 aliphatic carbocycles. The summed E-state index contributed by atoms with van der Waals surface area (Å²) in [6.45, 7) is 6.85. The number of hydrogen-bond donors (Lipinski definition) is 5. The summed E-state index contributed by atoms with van der Waals surface area (Å²) in [5, 5.41) is 32.0. The average Bonchev–Trinajstić information content (AvgIpc) is 2.15. The minimum absolute atomic E-state index is 0. The zero-order chi connectivity index (χ0) is 16.4. The van der Waals surface area contributed by atoms with Gasteiger partial charge in [-0.2, -0.15) is 5.06 Å². The van der Waals surface area contributed by atoms with Gasteiger partial charge in [0.25, 0.3) is 17.9 Å². The Bertz CT molecular complexity index is 205. The molecule has 0 fully saturated rings. The minimum atomic E-state index is -0.833. The molecule has 0 aromatic heterocycles. The predicted molar refractivity (Wildman–Crippen MR) is 83.7 cm³/mol. The summed E-state index contributed by atoms with van der Waals surface area (Å²) < 4.78 is 0. The van der Waals surface area contributed by atoms with Crippen molar-refractivity contribution in [2.75, 3.05) is 19.6 Å². The van der Waals surface area contributed by atoms with E-state index in [1.54, 1.807) is 0 Å². The van der Waals surface area contributed by atoms with Crippen molar-refractivity contribution in [1.82, 2.24) is 5.06 Å². The normalized spacial score (nSPS) is 7.00. The molecule has 9 nitrogen and oxygen atoms in total. The molecule has 11 heteroatoms. The van der Waals surface area contributed by atoms with E-state index in [-0.39, 0.29) is 52.6 Å². The fourth-order valence-corrected chi connectivity index (χ4v) is 0.307. The van der Waals surface area contributed by atoms with E-state index in [1.807, 2.05) is 6.92 Å². The second-order valence-corrected chi connectivity index (χ2v) is 2.89. The Morgan fingerprint density at radius 1 is 0.952 bits per heavy atom. The summed E-state index contributed by atoms with van der Waals surface area (Å²) in [4.78, 5) is 27.0. The van der Waals surface area contributed by atoms with Crippen molar-refractivity contribution in [2.24, 2.45) is 5.73 Å². The van der Waals surface area contributed by atoms with Crippen LogP contribution in [0.2, 0.25) is 0 Å². The first-order valence-electron chi connectivity index (χ1n) is 5.23. The quantitative estimate of drug-likeness (QED) is 0.301. The second kappa shape index (κ2) is 32.1. The summed E-state index contributed by atoms with van der Waals surface area (Å²) in [6, 6.07) is 0. The Hall–Kier alpha value is 0.0562. The van der Waals surface area contributed by atoms with Crippen LogP contribution in [0.4, 0.5) is 0 Å². The van der Waals surface area contributed by atoms with Crippen LogP contribution in [0.3, 0.4) is 0 Å². The molecule has 0 radical (unpaired) electrons. The molecule has 21 heavy (non-hydrogen) atoms. The number of carbonyl (C=O) groups is 3. The Balaban J connectivity index is -0.0000000359. The maximum absolute atomic E-state index is 9.00. The summed E-state index contributed by atoms with van der Waals surface area (Å²) in [7, 11) is 0. The standard InChI is InChI=1S/C4H12N2O.3C2H4O2.Mg.Na.3H/c1-2-6(7)4-3-5;3*1-2(3)4;;;;;/h7H,2-5H2,1H3;3*1H3,(H,3,4);;;;;. The number of nitrogens with zero attached hydrogens (tertiary/aromatic N) is 1. The van der Waals surface area contributed by atoms with Crippen LogP contribution in [-0.2, 0) is 14.4 Å². The van der Waals surface area contributed by atoms with E-state index in [0.29, 0.717) is 19.6 Å². The van der Waals surface area contributed by atoms with Crippen LogP contribution in [0.25, 0.3) is 0 Å². The van der Waals surface area contributed by atoms with Gasteiger partial charge in [0.05, 0.1) is 0 Å². The molecule has 0 heterocycles. The van der Waals surface area contributed by atoms with Gasteiger partial charge in [-0.05, 0) is 0 Å². The molecule has 0 aromatic rings. The Morgan fingerprint density at radius 3 is 1.19 bits per heavy atom. The number of likely N-dealkylation sites (N-methyl/N-ethyl adjacent to an activating group) is 1. The zero-order valence-electron chi connectivity index (χ0n) is 11.7. The Morgan fingerprint density at radius 2 is 1.14 bits per heavy atom. The fourth-order valence-electron chi connectivity index (χ4n) is 0.307. The van der Waals surface area contributed by atoms with Crippen molar-refractivity contribution in [3.05, 3.63) is 0 Å². The van der Waals surface area contributed by atoms with Gasteiger partial charge in [0, 0.05) is 40.4 Å². The number of carboxylic acid groups (broad SMARTS) is 3. The number of aliphatic carboxylic acids is 3. The zero-order valence-corrected chi connectivity index (χ0v) is 11.7. The molecule has 0 aliphatic heterocycles. The third-order valence-corrected chi connectivity index (χ3v) is 0.752. The van der Waals surface area contributed by atoms with Crippen LogP contribution in [0.15, 0.2) is 0 Å². The van der Waals surface area contributed by atoms with Gasteiger partial charge in [-0.1, -0.05) is 6.92 Å². The summed E-state index contributed by atoms with van der Waals surface area (Å²) in [6.07, 6.45) is 0. The predicted octanol–water partition coefficient (Wildman–Crippen LogP) is -1.64. The number of rotatable bonds is 3. The molecule has 0 rings (SSSR count). The molecule has 6 N–H and O–H groups in total. The van der Waals surface area contributed by atoms with Crippen LogP contribution < -0.4 is 5.73 Å². The van der Waals surface area contributed by atoms with Gasteiger partial charge in [-0.25, -0.2) is 0 Å². The molecule has 0 atom stereocenters. The van der Waals surface area contributed by atoms with E-state index in [1.165, 1.54) is 5.06 Å². The molecule has 0 saturated heterocycles. The first kappa shape index (κ1) is 37.4. The van der Waals surface area contributed by atoms with Crippen molar-refractivity contribution in [3.8, 4) is 0 Å². The van der Waals surface area contributed by atoms with E-state index in [0.717, 1.165) is 20.8 Å². The third-order valence-electron chi connectivity index (χ3n) is 0.752. The van der Waals surface area contributed by atoms with Crippen molar-refractivity contribution in [2.45, 2.75) is 27.7 Å². The average molecular weight is 335 g/mol. The van der Waals surface area contributed by atoms with Gasteiger partial charge in [0.1, 0.15) is 0 Å². The van der Waals surface area contributed by atoms with Gasteiger partial charge in [-0.15, -0.1) is 0 Å². The van der Waals surface area contributed by atoms with Gasteiger partial charge in [0.15, 0.2) is 0 Å². The Labute approximate surface area is 162 Å². The number of hydroxylamine groups is 2. The van der Waals surface area contributed by atoms with Crippen molar-refractivity contribution < 1.29 is 34.9 Å². The summed E-state index contributed by atoms with van der Waals surface area (Å²) >= 11 is 0. The molecule has 122 valence electrons. The molecule has 0 saturated carbocycles. The topological polar surface area (TPSA) is 161 Å². The number of nitrogens with two attached hydrogens (primary N) is 1. The van der Waals surface area contributed by atoms with Gasteiger partial charge < -0.3 is 26.3 Å². The van der Waals surface area contributed by atoms with Gasteiger partial charge in [-0.3, -0.25) is 14.4 Å². The molecule has 0 amide bonds. The summed E-state index contributed by atoms with van der Waals surface area (Å²) in [5.74, 6) is -2.50. The van der Waals surface area contributed by atoms with Crippen molar-refractivity contribution in [3.63, 3.8) is 0 Å². The third kappa shape index (κ3) is 256. The fraction of sp³-hybridized carbons (Fsp3) is 0.700. The van der Waals surface area contributed by atoms with Crippen LogP contribution >= 0.6 is 0 Å². The molecule has 0 spiro atoms. The van der Waals surface area contributed by atoms with E-state index in [4.69, 9.17) is 40.6 Å². The van der Waals surface area contributed by atoms with Gasteiger partial charge >= 0.3 is 52.6 Å². The maximum atomic E-state index is 9.00. The summed E-state index contributed by atoms with van der Waals surface area (Å²) in [5.41, 5.74) is 5.10. The molecule has 0 unspecified atom stereocenters. The molecule has 0 aromatic carbocycles. The van der Waals surface area contributed by atoms with Crippen LogP contribution in [0.1, 0.15) is 27.7 Å². The first-order valence-corrected chi connectivity index (χ1v) is 5.23. The van der Waals surface area contributed by atoms with E-state index in [9.17, 15) is 0 Å². The van der Waals surface area contributed by atoms with Crippen molar-refractivity contribution >= 4 is 70.5 Å². The number of carboxylic acids is 3. The van der Waals surface area contributed by atoms with E-state index >= 15 is 0 Å². The molecule has 0 aliphatic rings. The van der Waals surface area contributed by atoms with E-state index in [2.05, 4.69) is 0 Å². The Kier molecular flexibility index (Phi) is 57.2. The molecular weight excluding hydrogens is 307 g/mol. The molecule has 0 bridgehead atoms. The monoisotopic (exact) mass is 334 g/mol. The van der Waals surface area contributed by atoms with Crippen LogP contribution in [-0.4, -0.2) is 116 Å². The van der Waals surface area contributed by atoms with Crippen LogP contribution in [0.5, 0.6) is 0 Å². The van der Waals surface area contributed by atoms with Crippen molar-refractivity contribution in [1.29, 1.82) is 0 Å².